The quantitative estimate of drug-likeness (QED) is 0.906. The normalized spacial score (nSPS) is 12.6. The highest BCUT2D eigenvalue weighted by Gasteiger charge is 2.09. The molecule has 0 saturated carbocycles. The van der Waals surface area contributed by atoms with Crippen molar-refractivity contribution >= 4 is 11.6 Å². The van der Waals surface area contributed by atoms with Gasteiger partial charge in [-0.25, -0.2) is 0 Å². The van der Waals surface area contributed by atoms with Gasteiger partial charge in [0.15, 0.2) is 0 Å². The summed E-state index contributed by atoms with van der Waals surface area (Å²) in [6.45, 7) is 2.75. The summed E-state index contributed by atoms with van der Waals surface area (Å²) in [6.07, 6.45) is 1.69. The molecule has 5 heteroatoms. The van der Waals surface area contributed by atoms with E-state index in [0.29, 0.717) is 6.54 Å². The molecule has 0 radical (unpaired) electrons. The van der Waals surface area contributed by atoms with Crippen LogP contribution in [0.2, 0.25) is 5.02 Å². The van der Waals surface area contributed by atoms with Gasteiger partial charge in [0.1, 0.15) is 12.2 Å². The predicted octanol–water partition coefficient (Wildman–Crippen LogP) is 2.32. The fourth-order valence-electron chi connectivity index (χ4n) is 1.65. The summed E-state index contributed by atoms with van der Waals surface area (Å²) in [4.78, 5) is 0. The molecule has 2 aromatic rings. The predicted molar refractivity (Wildman–Crippen MR) is 67.7 cm³/mol. The van der Waals surface area contributed by atoms with Crippen molar-refractivity contribution in [2.75, 3.05) is 0 Å². The smallest absolute Gasteiger partial charge is 0.146 e. The second kappa shape index (κ2) is 5.29. The van der Waals surface area contributed by atoms with Gasteiger partial charge in [0, 0.05) is 18.1 Å². The molecule has 1 aromatic carbocycles. The fourth-order valence-corrected chi connectivity index (χ4v) is 1.95. The van der Waals surface area contributed by atoms with Crippen molar-refractivity contribution in [3.63, 3.8) is 0 Å². The number of rotatable bonds is 4. The molecule has 2 rings (SSSR count). The van der Waals surface area contributed by atoms with Crippen molar-refractivity contribution in [1.29, 1.82) is 0 Å². The number of benzene rings is 1. The molecular formula is C12H15ClN4. The van der Waals surface area contributed by atoms with E-state index in [1.165, 1.54) is 0 Å². The van der Waals surface area contributed by atoms with E-state index in [9.17, 15) is 0 Å². The van der Waals surface area contributed by atoms with E-state index in [4.69, 9.17) is 11.6 Å². The molecule has 0 aliphatic heterocycles. The van der Waals surface area contributed by atoms with Gasteiger partial charge in [0.2, 0.25) is 0 Å². The molecule has 1 atom stereocenters. The highest BCUT2D eigenvalue weighted by Crippen LogP contribution is 2.22. The van der Waals surface area contributed by atoms with Gasteiger partial charge in [-0.3, -0.25) is 0 Å². The zero-order valence-electron chi connectivity index (χ0n) is 9.89. The molecule has 0 aliphatic rings. The van der Waals surface area contributed by atoms with Gasteiger partial charge in [0.25, 0.3) is 0 Å². The third-order valence-electron chi connectivity index (χ3n) is 2.74. The molecule has 17 heavy (non-hydrogen) atoms. The first kappa shape index (κ1) is 12.1. The molecule has 90 valence electrons. The molecule has 0 fully saturated rings. The second-order valence-corrected chi connectivity index (χ2v) is 4.39. The maximum atomic E-state index is 6.14. The Labute approximate surface area is 106 Å². The van der Waals surface area contributed by atoms with Gasteiger partial charge >= 0.3 is 0 Å². The Balaban J connectivity index is 2.01. The average Bonchev–Trinajstić information content (AvgIpc) is 2.72. The van der Waals surface area contributed by atoms with Crippen LogP contribution in [0.4, 0.5) is 0 Å². The highest BCUT2D eigenvalue weighted by molar-refractivity contribution is 6.31. The first-order valence-electron chi connectivity index (χ1n) is 5.49. The SMILES string of the molecule is C[C@@H](NCc1nncn1C)c1ccccc1Cl. The summed E-state index contributed by atoms with van der Waals surface area (Å²) in [5.41, 5.74) is 1.09. The average molecular weight is 251 g/mol. The molecule has 0 unspecified atom stereocenters. The third kappa shape index (κ3) is 2.84. The molecule has 0 bridgehead atoms. The molecule has 0 saturated heterocycles. The molecule has 0 aliphatic carbocycles. The van der Waals surface area contributed by atoms with Crippen LogP contribution in [0.25, 0.3) is 0 Å². The van der Waals surface area contributed by atoms with Crippen LogP contribution in [0, 0.1) is 0 Å². The summed E-state index contributed by atoms with van der Waals surface area (Å²) in [6, 6.07) is 8.03. The lowest BCUT2D eigenvalue weighted by Crippen LogP contribution is -2.20. The Morgan fingerprint density at radius 3 is 2.82 bits per heavy atom. The Morgan fingerprint density at radius 2 is 2.18 bits per heavy atom. The number of hydrogen-bond acceptors (Lipinski definition) is 3. The molecule has 1 N–H and O–H groups in total. The zero-order valence-corrected chi connectivity index (χ0v) is 10.6. The van der Waals surface area contributed by atoms with Crippen LogP contribution >= 0.6 is 11.6 Å². The van der Waals surface area contributed by atoms with Gasteiger partial charge in [-0.15, -0.1) is 10.2 Å². The van der Waals surface area contributed by atoms with Crippen LogP contribution in [0.1, 0.15) is 24.4 Å². The summed E-state index contributed by atoms with van der Waals surface area (Å²) < 4.78 is 1.90. The van der Waals surface area contributed by atoms with Crippen molar-refractivity contribution < 1.29 is 0 Å². The lowest BCUT2D eigenvalue weighted by atomic mass is 10.1. The van der Waals surface area contributed by atoms with E-state index in [1.54, 1.807) is 6.33 Å². The van der Waals surface area contributed by atoms with Crippen LogP contribution < -0.4 is 5.32 Å². The maximum absolute atomic E-state index is 6.14. The Morgan fingerprint density at radius 1 is 1.41 bits per heavy atom. The Hall–Kier alpha value is -1.39. The maximum Gasteiger partial charge on any atom is 0.146 e. The number of halogens is 1. The lowest BCUT2D eigenvalue weighted by Gasteiger charge is -2.15. The van der Waals surface area contributed by atoms with Crippen LogP contribution in [0.5, 0.6) is 0 Å². The fraction of sp³-hybridized carbons (Fsp3) is 0.333. The molecule has 1 aromatic heterocycles. The van der Waals surface area contributed by atoms with Crippen molar-refractivity contribution in [3.8, 4) is 0 Å². The lowest BCUT2D eigenvalue weighted by molar-refractivity contribution is 0.548. The highest BCUT2D eigenvalue weighted by atomic mass is 35.5. The standard InChI is InChI=1S/C12H15ClN4/c1-9(10-5-3-4-6-11(10)13)14-7-12-16-15-8-17(12)2/h3-6,8-9,14H,7H2,1-2H3/t9-/m1/s1. The number of aromatic nitrogens is 3. The number of aryl methyl sites for hydroxylation is 1. The monoisotopic (exact) mass is 250 g/mol. The van der Waals surface area contributed by atoms with Crippen LogP contribution in [0.15, 0.2) is 30.6 Å². The molecule has 4 nitrogen and oxygen atoms in total. The minimum Gasteiger partial charge on any atom is -0.320 e. The minimum atomic E-state index is 0.181. The summed E-state index contributed by atoms with van der Waals surface area (Å²) >= 11 is 6.14. The topological polar surface area (TPSA) is 42.7 Å². The van der Waals surface area contributed by atoms with Crippen molar-refractivity contribution in [3.05, 3.63) is 47.0 Å². The summed E-state index contributed by atoms with van der Waals surface area (Å²) in [5, 5.41) is 12.0. The third-order valence-corrected chi connectivity index (χ3v) is 3.09. The molecule has 0 amide bonds. The first-order chi connectivity index (χ1) is 8.18. The summed E-state index contributed by atoms with van der Waals surface area (Å²) in [5.74, 6) is 0.906. The van der Waals surface area contributed by atoms with E-state index in [-0.39, 0.29) is 6.04 Å². The van der Waals surface area contributed by atoms with Crippen LogP contribution in [0.3, 0.4) is 0 Å². The van der Waals surface area contributed by atoms with Crippen molar-refractivity contribution in [2.24, 2.45) is 7.05 Å². The van der Waals surface area contributed by atoms with E-state index in [1.807, 2.05) is 35.9 Å². The number of nitrogens with zero attached hydrogens (tertiary/aromatic N) is 3. The molecule has 0 spiro atoms. The Bertz CT molecular complexity index is 495. The van der Waals surface area contributed by atoms with E-state index >= 15 is 0 Å². The van der Waals surface area contributed by atoms with Gasteiger partial charge in [-0.1, -0.05) is 29.8 Å². The number of nitrogens with one attached hydrogen (secondary N) is 1. The van der Waals surface area contributed by atoms with Crippen molar-refractivity contribution in [1.82, 2.24) is 20.1 Å². The van der Waals surface area contributed by atoms with E-state index in [2.05, 4.69) is 22.4 Å². The van der Waals surface area contributed by atoms with Crippen LogP contribution in [-0.2, 0) is 13.6 Å². The van der Waals surface area contributed by atoms with E-state index < -0.39 is 0 Å². The van der Waals surface area contributed by atoms with E-state index in [0.717, 1.165) is 16.4 Å². The largest absolute Gasteiger partial charge is 0.320 e. The first-order valence-corrected chi connectivity index (χ1v) is 5.87. The molecular weight excluding hydrogens is 236 g/mol. The van der Waals surface area contributed by atoms with Gasteiger partial charge in [0.05, 0.1) is 6.54 Å². The van der Waals surface area contributed by atoms with Gasteiger partial charge in [-0.05, 0) is 18.6 Å². The Kier molecular flexibility index (Phi) is 3.76. The van der Waals surface area contributed by atoms with Crippen molar-refractivity contribution in [2.45, 2.75) is 19.5 Å². The summed E-state index contributed by atoms with van der Waals surface area (Å²) in [7, 11) is 1.93. The second-order valence-electron chi connectivity index (χ2n) is 3.98. The molecule has 1 heterocycles. The van der Waals surface area contributed by atoms with Gasteiger partial charge < -0.3 is 9.88 Å². The minimum absolute atomic E-state index is 0.181. The van der Waals surface area contributed by atoms with Crippen LogP contribution in [-0.4, -0.2) is 14.8 Å². The number of hydrogen-bond donors (Lipinski definition) is 1. The zero-order chi connectivity index (χ0) is 12.3. The van der Waals surface area contributed by atoms with Gasteiger partial charge in [-0.2, -0.15) is 0 Å².